The van der Waals surface area contributed by atoms with Crippen LogP contribution < -0.4 is 15.1 Å². The topological polar surface area (TPSA) is 107 Å². The molecule has 0 bridgehead atoms. The number of aliphatic hydroxyl groups is 1. The van der Waals surface area contributed by atoms with Gasteiger partial charge in [-0.15, -0.1) is 0 Å². The standard InChI is InChI=1S/C20H21ClFN3O5S/c1-24(12-31(29)30)16-3-2-4-17(10-16)25-6-5-20(28,19(25)27)18(26)23-11-13-7-14(21)9-15(22)8-13/h2-4,7-10,28,31H,5-6,11-12H2,1H3,(H,23,26)/t20-/m0/s1. The molecule has 11 heteroatoms. The van der Waals surface area contributed by atoms with Crippen LogP contribution in [0.15, 0.2) is 42.5 Å². The van der Waals surface area contributed by atoms with E-state index in [0.29, 0.717) is 16.9 Å². The number of carbonyl (C=O) groups is 2. The van der Waals surface area contributed by atoms with Crippen LogP contribution in [0.25, 0.3) is 0 Å². The first kappa shape index (κ1) is 23.0. The van der Waals surface area contributed by atoms with Gasteiger partial charge in [0.25, 0.3) is 11.8 Å². The Labute approximate surface area is 185 Å². The minimum absolute atomic E-state index is 0.0948. The Balaban J connectivity index is 1.72. The number of anilines is 2. The van der Waals surface area contributed by atoms with E-state index in [9.17, 15) is 27.5 Å². The third-order valence-corrected chi connectivity index (χ3v) is 5.83. The Hall–Kier alpha value is -2.69. The quantitative estimate of drug-likeness (QED) is 0.416. The van der Waals surface area contributed by atoms with Crippen LogP contribution in [0.3, 0.4) is 0 Å². The monoisotopic (exact) mass is 469 g/mol. The number of hydrogen-bond acceptors (Lipinski definition) is 6. The average Bonchev–Trinajstić information content (AvgIpc) is 3.01. The van der Waals surface area contributed by atoms with Crippen molar-refractivity contribution in [2.75, 3.05) is 29.3 Å². The lowest BCUT2D eigenvalue weighted by molar-refractivity contribution is -0.149. The van der Waals surface area contributed by atoms with E-state index in [0.717, 1.165) is 6.07 Å². The molecule has 2 aromatic carbocycles. The second-order valence-corrected chi connectivity index (χ2v) is 8.60. The van der Waals surface area contributed by atoms with Gasteiger partial charge >= 0.3 is 0 Å². The molecule has 2 aromatic rings. The Morgan fingerprint density at radius 1 is 1.32 bits per heavy atom. The van der Waals surface area contributed by atoms with Crippen molar-refractivity contribution in [3.8, 4) is 0 Å². The minimum atomic E-state index is -2.62. The maximum Gasteiger partial charge on any atom is 0.268 e. The second kappa shape index (κ2) is 9.21. The zero-order valence-corrected chi connectivity index (χ0v) is 18.2. The van der Waals surface area contributed by atoms with Gasteiger partial charge in [-0.1, -0.05) is 17.7 Å². The van der Waals surface area contributed by atoms with Crippen LogP contribution in [0, 0.1) is 5.82 Å². The summed E-state index contributed by atoms with van der Waals surface area (Å²) in [6.07, 6.45) is -0.131. The maximum absolute atomic E-state index is 13.4. The number of benzene rings is 2. The van der Waals surface area contributed by atoms with Gasteiger partial charge in [-0.2, -0.15) is 0 Å². The van der Waals surface area contributed by atoms with E-state index >= 15 is 0 Å². The third kappa shape index (κ3) is 5.15. The summed E-state index contributed by atoms with van der Waals surface area (Å²) in [6, 6.07) is 10.4. The molecule has 0 spiro atoms. The summed E-state index contributed by atoms with van der Waals surface area (Å²) in [6.45, 7) is -0.0168. The first-order valence-electron chi connectivity index (χ1n) is 9.31. The largest absolute Gasteiger partial charge is 0.372 e. The lowest BCUT2D eigenvalue weighted by Crippen LogP contribution is -2.52. The Morgan fingerprint density at radius 2 is 2.06 bits per heavy atom. The summed E-state index contributed by atoms with van der Waals surface area (Å²) in [5, 5.41) is 13.4. The molecule has 1 saturated heterocycles. The van der Waals surface area contributed by atoms with E-state index in [1.54, 1.807) is 31.3 Å². The minimum Gasteiger partial charge on any atom is -0.372 e. The fourth-order valence-electron chi connectivity index (χ4n) is 3.36. The fourth-order valence-corrected chi connectivity index (χ4v) is 4.11. The molecule has 31 heavy (non-hydrogen) atoms. The summed E-state index contributed by atoms with van der Waals surface area (Å²) < 4.78 is 35.4. The molecule has 2 amide bonds. The molecule has 3 rings (SSSR count). The zero-order valence-electron chi connectivity index (χ0n) is 16.5. The van der Waals surface area contributed by atoms with Crippen molar-refractivity contribution >= 4 is 45.5 Å². The third-order valence-electron chi connectivity index (χ3n) is 4.96. The van der Waals surface area contributed by atoms with E-state index in [1.807, 2.05) is 0 Å². The average molecular weight is 470 g/mol. The highest BCUT2D eigenvalue weighted by Crippen LogP contribution is 2.31. The Morgan fingerprint density at radius 3 is 2.74 bits per heavy atom. The Kier molecular flexibility index (Phi) is 6.83. The molecule has 1 atom stereocenters. The van der Waals surface area contributed by atoms with Crippen molar-refractivity contribution in [1.82, 2.24) is 5.32 Å². The highest BCUT2D eigenvalue weighted by molar-refractivity contribution is 7.72. The number of carbonyl (C=O) groups excluding carboxylic acids is 2. The van der Waals surface area contributed by atoms with Crippen LogP contribution in [-0.2, 0) is 26.8 Å². The molecule has 2 N–H and O–H groups in total. The molecule has 166 valence electrons. The van der Waals surface area contributed by atoms with Crippen LogP contribution in [0.4, 0.5) is 15.8 Å². The van der Waals surface area contributed by atoms with Gasteiger partial charge < -0.3 is 20.2 Å². The number of nitrogens with one attached hydrogen (secondary N) is 1. The van der Waals surface area contributed by atoms with Crippen LogP contribution >= 0.6 is 11.6 Å². The molecule has 1 aliphatic rings. The SMILES string of the molecule is CN(C[SH](=O)=O)c1cccc(N2CC[C@](O)(C(=O)NCc3cc(F)cc(Cl)c3)C2=O)c1. The molecule has 8 nitrogen and oxygen atoms in total. The first-order valence-corrected chi connectivity index (χ1v) is 11.0. The molecule has 0 aliphatic carbocycles. The van der Waals surface area contributed by atoms with Crippen molar-refractivity contribution in [3.63, 3.8) is 0 Å². The van der Waals surface area contributed by atoms with Gasteiger partial charge in [-0.05, 0) is 42.0 Å². The molecule has 0 unspecified atom stereocenters. The van der Waals surface area contributed by atoms with Crippen LogP contribution in [0.5, 0.6) is 0 Å². The van der Waals surface area contributed by atoms with E-state index in [-0.39, 0.29) is 30.4 Å². The van der Waals surface area contributed by atoms with Gasteiger partial charge in [0.15, 0.2) is 10.7 Å². The number of halogens is 2. The van der Waals surface area contributed by atoms with Crippen molar-refractivity contribution in [2.24, 2.45) is 0 Å². The van der Waals surface area contributed by atoms with Crippen LogP contribution in [0.2, 0.25) is 5.02 Å². The van der Waals surface area contributed by atoms with E-state index < -0.39 is 33.9 Å². The van der Waals surface area contributed by atoms with Gasteiger partial charge in [0, 0.05) is 43.0 Å². The van der Waals surface area contributed by atoms with Crippen LogP contribution in [0.1, 0.15) is 12.0 Å². The van der Waals surface area contributed by atoms with E-state index in [1.165, 1.54) is 21.9 Å². The first-order chi connectivity index (χ1) is 14.6. The summed E-state index contributed by atoms with van der Waals surface area (Å²) >= 11 is 5.79. The molecular formula is C20H21ClFN3O5S. The molecule has 0 aromatic heterocycles. The van der Waals surface area contributed by atoms with Gasteiger partial charge in [0.2, 0.25) is 5.60 Å². The second-order valence-electron chi connectivity index (χ2n) is 7.22. The predicted octanol–water partition coefficient (Wildman–Crippen LogP) is 1.27. The van der Waals surface area contributed by atoms with Gasteiger partial charge in [-0.25, -0.2) is 12.8 Å². The number of thiol groups is 1. The summed E-state index contributed by atoms with van der Waals surface area (Å²) in [7, 11) is -1.03. The smallest absolute Gasteiger partial charge is 0.268 e. The fraction of sp³-hybridized carbons (Fsp3) is 0.300. The number of rotatable bonds is 7. The zero-order chi connectivity index (χ0) is 22.8. The number of hydrogen-bond donors (Lipinski definition) is 3. The Bertz CT molecular complexity index is 1070. The molecule has 0 saturated carbocycles. The summed E-state index contributed by atoms with van der Waals surface area (Å²) in [5.41, 5.74) is -0.891. The molecule has 0 radical (unpaired) electrons. The summed E-state index contributed by atoms with van der Waals surface area (Å²) in [5.74, 6) is -2.44. The van der Waals surface area contributed by atoms with Gasteiger partial charge in [0.05, 0.1) is 0 Å². The van der Waals surface area contributed by atoms with E-state index in [2.05, 4.69) is 5.32 Å². The maximum atomic E-state index is 13.4. The van der Waals surface area contributed by atoms with Crippen molar-refractivity contribution in [1.29, 1.82) is 0 Å². The van der Waals surface area contributed by atoms with Crippen LogP contribution in [-0.4, -0.2) is 50.4 Å². The lowest BCUT2D eigenvalue weighted by atomic mass is 10.0. The predicted molar refractivity (Wildman–Crippen MR) is 115 cm³/mol. The highest BCUT2D eigenvalue weighted by Gasteiger charge is 2.51. The van der Waals surface area contributed by atoms with Crippen molar-refractivity contribution < 1.29 is 27.5 Å². The van der Waals surface area contributed by atoms with Gasteiger partial charge in [0.1, 0.15) is 11.7 Å². The highest BCUT2D eigenvalue weighted by atomic mass is 35.5. The lowest BCUT2D eigenvalue weighted by Gasteiger charge is -2.23. The van der Waals surface area contributed by atoms with Crippen molar-refractivity contribution in [3.05, 3.63) is 58.9 Å². The number of nitrogens with zero attached hydrogens (tertiary/aromatic N) is 2. The normalized spacial score (nSPS) is 18.5. The molecule has 1 heterocycles. The van der Waals surface area contributed by atoms with Crippen molar-refractivity contribution in [2.45, 2.75) is 18.6 Å². The molecule has 1 aliphatic heterocycles. The number of amides is 2. The summed E-state index contributed by atoms with van der Waals surface area (Å²) in [4.78, 5) is 28.2. The van der Waals surface area contributed by atoms with Gasteiger partial charge in [-0.3, -0.25) is 9.59 Å². The molecular weight excluding hydrogens is 449 g/mol. The molecule has 1 fully saturated rings. The van der Waals surface area contributed by atoms with E-state index in [4.69, 9.17) is 11.6 Å².